The van der Waals surface area contributed by atoms with E-state index >= 15 is 0 Å². The lowest BCUT2D eigenvalue weighted by molar-refractivity contribution is 0.293. The molecule has 0 amide bonds. The highest BCUT2D eigenvalue weighted by Gasteiger charge is 2.11. The standard InChI is InChI=1S/C21H22N2O2/c1-24-19-12-11-16-9-10-17(21(22)23)14-18(16)20(19)25-13-5-8-15-6-3-2-4-7-15/h2-4,6-7,9-12,14H,5,8,13H2,1H3,(H3,22,23). The molecule has 0 heterocycles. The Kier molecular flexibility index (Phi) is 5.19. The Morgan fingerprint density at radius 3 is 2.52 bits per heavy atom. The molecule has 3 aromatic rings. The van der Waals surface area contributed by atoms with E-state index < -0.39 is 0 Å². The van der Waals surface area contributed by atoms with Crippen LogP contribution in [0.5, 0.6) is 11.5 Å². The van der Waals surface area contributed by atoms with Gasteiger partial charge in [0.1, 0.15) is 5.84 Å². The Hall–Kier alpha value is -3.01. The van der Waals surface area contributed by atoms with Gasteiger partial charge in [0.25, 0.3) is 0 Å². The van der Waals surface area contributed by atoms with E-state index in [2.05, 4.69) is 12.1 Å². The molecule has 0 atom stereocenters. The quantitative estimate of drug-likeness (QED) is 0.387. The SMILES string of the molecule is COc1ccc2ccc(C(=N)N)cc2c1OCCCc1ccccc1. The van der Waals surface area contributed by atoms with Crippen molar-refractivity contribution in [3.63, 3.8) is 0 Å². The summed E-state index contributed by atoms with van der Waals surface area (Å²) < 4.78 is 11.5. The molecule has 0 fully saturated rings. The lowest BCUT2D eigenvalue weighted by Gasteiger charge is -2.14. The van der Waals surface area contributed by atoms with Crippen LogP contribution in [0, 0.1) is 5.41 Å². The van der Waals surface area contributed by atoms with Gasteiger partial charge in [-0.2, -0.15) is 0 Å². The molecule has 128 valence electrons. The molecule has 3 N–H and O–H groups in total. The van der Waals surface area contributed by atoms with Crippen LogP contribution in [-0.4, -0.2) is 19.6 Å². The fourth-order valence-electron chi connectivity index (χ4n) is 2.84. The molecular weight excluding hydrogens is 312 g/mol. The van der Waals surface area contributed by atoms with E-state index in [-0.39, 0.29) is 5.84 Å². The van der Waals surface area contributed by atoms with E-state index in [4.69, 9.17) is 20.6 Å². The second kappa shape index (κ2) is 7.71. The topological polar surface area (TPSA) is 68.3 Å². The molecule has 25 heavy (non-hydrogen) atoms. The van der Waals surface area contributed by atoms with Crippen LogP contribution in [0.15, 0.2) is 60.7 Å². The van der Waals surface area contributed by atoms with Crippen molar-refractivity contribution in [1.82, 2.24) is 0 Å². The molecule has 0 aliphatic heterocycles. The summed E-state index contributed by atoms with van der Waals surface area (Å²) in [6, 6.07) is 19.9. The Bertz CT molecular complexity index is 876. The summed E-state index contributed by atoms with van der Waals surface area (Å²) in [4.78, 5) is 0. The van der Waals surface area contributed by atoms with Gasteiger partial charge in [-0.15, -0.1) is 0 Å². The monoisotopic (exact) mass is 334 g/mol. The molecule has 0 unspecified atom stereocenters. The van der Waals surface area contributed by atoms with Crippen molar-refractivity contribution >= 4 is 16.6 Å². The Morgan fingerprint density at radius 2 is 1.80 bits per heavy atom. The zero-order valence-electron chi connectivity index (χ0n) is 14.3. The van der Waals surface area contributed by atoms with Gasteiger partial charge in [-0.3, -0.25) is 5.41 Å². The number of amidine groups is 1. The van der Waals surface area contributed by atoms with Crippen molar-refractivity contribution in [3.05, 3.63) is 71.8 Å². The maximum absolute atomic E-state index is 7.65. The molecule has 0 spiro atoms. The lowest BCUT2D eigenvalue weighted by Crippen LogP contribution is -2.10. The number of benzene rings is 3. The lowest BCUT2D eigenvalue weighted by atomic mass is 10.0. The minimum absolute atomic E-state index is 0.0414. The summed E-state index contributed by atoms with van der Waals surface area (Å²) in [7, 11) is 1.63. The number of methoxy groups -OCH3 is 1. The summed E-state index contributed by atoms with van der Waals surface area (Å²) in [5.41, 5.74) is 7.60. The number of rotatable bonds is 7. The fourth-order valence-corrected chi connectivity index (χ4v) is 2.84. The molecule has 0 aliphatic rings. The molecule has 0 saturated carbocycles. The predicted molar refractivity (Wildman–Crippen MR) is 102 cm³/mol. The smallest absolute Gasteiger partial charge is 0.168 e. The second-order valence-corrected chi connectivity index (χ2v) is 5.88. The van der Waals surface area contributed by atoms with E-state index in [0.29, 0.717) is 23.7 Å². The van der Waals surface area contributed by atoms with Gasteiger partial charge in [-0.1, -0.05) is 48.5 Å². The van der Waals surface area contributed by atoms with Crippen LogP contribution < -0.4 is 15.2 Å². The predicted octanol–water partition coefficient (Wildman–Crippen LogP) is 4.14. The van der Waals surface area contributed by atoms with E-state index in [0.717, 1.165) is 23.6 Å². The van der Waals surface area contributed by atoms with E-state index in [9.17, 15) is 0 Å². The van der Waals surface area contributed by atoms with Crippen molar-refractivity contribution in [2.75, 3.05) is 13.7 Å². The molecule has 0 bridgehead atoms. The van der Waals surface area contributed by atoms with Crippen LogP contribution in [0.4, 0.5) is 0 Å². The maximum Gasteiger partial charge on any atom is 0.168 e. The number of aryl methyl sites for hydroxylation is 1. The van der Waals surface area contributed by atoms with Crippen LogP contribution in [-0.2, 0) is 6.42 Å². The summed E-state index contributed by atoms with van der Waals surface area (Å²) >= 11 is 0. The largest absolute Gasteiger partial charge is 0.493 e. The number of nitrogens with one attached hydrogen (secondary N) is 1. The van der Waals surface area contributed by atoms with Gasteiger partial charge in [0.2, 0.25) is 0 Å². The Labute approximate surface area is 147 Å². The first-order valence-corrected chi connectivity index (χ1v) is 8.31. The van der Waals surface area contributed by atoms with E-state index in [1.807, 2.05) is 48.5 Å². The zero-order chi connectivity index (χ0) is 17.6. The third-order valence-corrected chi connectivity index (χ3v) is 4.17. The Balaban J connectivity index is 1.80. The van der Waals surface area contributed by atoms with E-state index in [1.54, 1.807) is 7.11 Å². The summed E-state index contributed by atoms with van der Waals surface area (Å²) in [6.07, 6.45) is 1.88. The van der Waals surface area contributed by atoms with Crippen molar-refractivity contribution in [2.45, 2.75) is 12.8 Å². The minimum Gasteiger partial charge on any atom is -0.493 e. The first-order chi connectivity index (χ1) is 12.2. The number of nitrogen functional groups attached to an aromatic ring is 1. The average molecular weight is 334 g/mol. The van der Waals surface area contributed by atoms with Crippen molar-refractivity contribution < 1.29 is 9.47 Å². The van der Waals surface area contributed by atoms with Gasteiger partial charge in [-0.05, 0) is 35.9 Å². The van der Waals surface area contributed by atoms with Gasteiger partial charge < -0.3 is 15.2 Å². The summed E-state index contributed by atoms with van der Waals surface area (Å²) in [5, 5.41) is 9.59. The van der Waals surface area contributed by atoms with Crippen LogP contribution >= 0.6 is 0 Å². The van der Waals surface area contributed by atoms with Crippen LogP contribution in [0.2, 0.25) is 0 Å². The van der Waals surface area contributed by atoms with Crippen molar-refractivity contribution in [3.8, 4) is 11.5 Å². The van der Waals surface area contributed by atoms with Crippen LogP contribution in [0.3, 0.4) is 0 Å². The molecule has 0 aliphatic carbocycles. The number of nitrogens with two attached hydrogens (primary N) is 1. The van der Waals surface area contributed by atoms with Crippen molar-refractivity contribution in [2.24, 2.45) is 5.73 Å². The molecule has 0 saturated heterocycles. The number of hydrogen-bond acceptors (Lipinski definition) is 3. The molecule has 0 aromatic heterocycles. The highest BCUT2D eigenvalue weighted by Crippen LogP contribution is 2.36. The average Bonchev–Trinajstić information content (AvgIpc) is 2.65. The maximum atomic E-state index is 7.65. The zero-order valence-corrected chi connectivity index (χ0v) is 14.3. The van der Waals surface area contributed by atoms with Gasteiger partial charge >= 0.3 is 0 Å². The minimum atomic E-state index is 0.0414. The van der Waals surface area contributed by atoms with E-state index in [1.165, 1.54) is 5.56 Å². The second-order valence-electron chi connectivity index (χ2n) is 5.88. The normalized spacial score (nSPS) is 10.6. The first-order valence-electron chi connectivity index (χ1n) is 8.31. The summed E-state index contributed by atoms with van der Waals surface area (Å²) in [5.74, 6) is 1.43. The number of fused-ring (bicyclic) bond motifs is 1. The molecule has 0 radical (unpaired) electrons. The van der Waals surface area contributed by atoms with Gasteiger partial charge in [0.05, 0.1) is 13.7 Å². The third-order valence-electron chi connectivity index (χ3n) is 4.17. The van der Waals surface area contributed by atoms with Crippen molar-refractivity contribution in [1.29, 1.82) is 5.41 Å². The molecule has 3 rings (SSSR count). The number of ether oxygens (including phenoxy) is 2. The summed E-state index contributed by atoms with van der Waals surface area (Å²) in [6.45, 7) is 0.592. The molecular formula is C21H22N2O2. The van der Waals surface area contributed by atoms with Gasteiger partial charge in [0.15, 0.2) is 11.5 Å². The molecule has 4 heteroatoms. The fraction of sp³-hybridized carbons (Fsp3) is 0.190. The van der Waals surface area contributed by atoms with Gasteiger partial charge in [-0.25, -0.2) is 0 Å². The van der Waals surface area contributed by atoms with Crippen LogP contribution in [0.1, 0.15) is 17.5 Å². The van der Waals surface area contributed by atoms with Gasteiger partial charge in [0, 0.05) is 10.9 Å². The molecule has 3 aromatic carbocycles. The Morgan fingerprint density at radius 1 is 1.04 bits per heavy atom. The highest BCUT2D eigenvalue weighted by molar-refractivity contribution is 6.01. The number of hydrogen-bond donors (Lipinski definition) is 2. The first kappa shape index (κ1) is 16.8. The molecule has 4 nitrogen and oxygen atoms in total. The van der Waals surface area contributed by atoms with Crippen LogP contribution in [0.25, 0.3) is 10.8 Å². The third kappa shape index (κ3) is 3.91. The highest BCUT2D eigenvalue weighted by atomic mass is 16.5.